The topological polar surface area (TPSA) is 49.3 Å². The normalized spacial score (nSPS) is 19.0. The Balaban J connectivity index is 2.07. The molecule has 7 heteroatoms. The van der Waals surface area contributed by atoms with Gasteiger partial charge in [0.1, 0.15) is 0 Å². The van der Waals surface area contributed by atoms with Crippen LogP contribution in [0.3, 0.4) is 0 Å². The van der Waals surface area contributed by atoms with Crippen LogP contribution in [0, 0.1) is 0 Å². The standard InChI is InChI=1S/C9H14F3NO2S/c10-9(11,12)6-16-4-7(14)13-5-8(15)2-1-3-8/h15H,1-6H2,(H,13,14). The van der Waals surface area contributed by atoms with Gasteiger partial charge in [0.25, 0.3) is 0 Å². The summed E-state index contributed by atoms with van der Waals surface area (Å²) in [5.74, 6) is -1.71. The van der Waals surface area contributed by atoms with E-state index in [4.69, 9.17) is 0 Å². The number of hydrogen-bond acceptors (Lipinski definition) is 3. The highest BCUT2D eigenvalue weighted by atomic mass is 32.2. The molecule has 0 aromatic rings. The summed E-state index contributed by atoms with van der Waals surface area (Å²) in [4.78, 5) is 11.1. The molecular formula is C9H14F3NO2S. The number of aliphatic hydroxyl groups is 1. The van der Waals surface area contributed by atoms with E-state index in [9.17, 15) is 23.1 Å². The van der Waals surface area contributed by atoms with E-state index >= 15 is 0 Å². The zero-order valence-corrected chi connectivity index (χ0v) is 9.46. The Hall–Kier alpha value is -0.430. The molecule has 16 heavy (non-hydrogen) atoms. The molecule has 1 saturated carbocycles. The smallest absolute Gasteiger partial charge is 0.388 e. The lowest BCUT2D eigenvalue weighted by atomic mass is 9.80. The molecule has 1 fully saturated rings. The number of nitrogens with one attached hydrogen (secondary N) is 1. The molecule has 2 N–H and O–H groups in total. The summed E-state index contributed by atoms with van der Waals surface area (Å²) in [6.07, 6.45) is -2.03. The van der Waals surface area contributed by atoms with Crippen molar-refractivity contribution in [2.75, 3.05) is 18.1 Å². The Labute approximate surface area is 95.8 Å². The minimum absolute atomic E-state index is 0.137. The lowest BCUT2D eigenvalue weighted by Gasteiger charge is -2.36. The largest absolute Gasteiger partial charge is 0.397 e. The van der Waals surface area contributed by atoms with Gasteiger partial charge in [-0.1, -0.05) is 0 Å². The van der Waals surface area contributed by atoms with Gasteiger partial charge in [0.05, 0.1) is 17.1 Å². The SMILES string of the molecule is O=C(CSCC(F)(F)F)NCC1(O)CCC1. The van der Waals surface area contributed by atoms with Crippen LogP contribution in [0.1, 0.15) is 19.3 Å². The third kappa shape index (κ3) is 5.07. The average molecular weight is 257 g/mol. The first kappa shape index (κ1) is 13.6. The molecule has 1 amide bonds. The summed E-state index contributed by atoms with van der Waals surface area (Å²) in [6, 6.07) is 0. The Morgan fingerprint density at radius 1 is 1.44 bits per heavy atom. The van der Waals surface area contributed by atoms with Crippen molar-refractivity contribution >= 4 is 17.7 Å². The molecule has 3 nitrogen and oxygen atoms in total. The highest BCUT2D eigenvalue weighted by molar-refractivity contribution is 8.00. The van der Waals surface area contributed by atoms with E-state index in [0.717, 1.165) is 6.42 Å². The zero-order valence-electron chi connectivity index (χ0n) is 8.64. The van der Waals surface area contributed by atoms with Crippen LogP contribution in [-0.4, -0.2) is 40.8 Å². The summed E-state index contributed by atoms with van der Waals surface area (Å²) < 4.78 is 35.3. The fraction of sp³-hybridized carbons (Fsp3) is 0.889. The van der Waals surface area contributed by atoms with E-state index in [1.54, 1.807) is 0 Å². The molecule has 1 aliphatic rings. The lowest BCUT2D eigenvalue weighted by molar-refractivity contribution is -0.121. The number of halogens is 3. The number of amides is 1. The highest BCUT2D eigenvalue weighted by Crippen LogP contribution is 2.30. The number of alkyl halides is 3. The number of hydrogen-bond donors (Lipinski definition) is 2. The van der Waals surface area contributed by atoms with Crippen molar-refractivity contribution in [1.82, 2.24) is 5.32 Å². The second-order valence-corrected chi connectivity index (χ2v) is 4.95. The van der Waals surface area contributed by atoms with Crippen molar-refractivity contribution in [2.45, 2.75) is 31.0 Å². The molecule has 1 rings (SSSR count). The lowest BCUT2D eigenvalue weighted by Crippen LogP contribution is -2.48. The molecule has 0 bridgehead atoms. The van der Waals surface area contributed by atoms with Gasteiger partial charge in [0, 0.05) is 6.54 Å². The van der Waals surface area contributed by atoms with Crippen LogP contribution in [0.15, 0.2) is 0 Å². The van der Waals surface area contributed by atoms with Crippen molar-refractivity contribution in [1.29, 1.82) is 0 Å². The third-order valence-corrected chi connectivity index (χ3v) is 3.40. The first-order valence-electron chi connectivity index (χ1n) is 4.94. The maximum absolute atomic E-state index is 11.8. The first-order chi connectivity index (χ1) is 7.31. The molecule has 0 unspecified atom stereocenters. The summed E-state index contributed by atoms with van der Waals surface area (Å²) >= 11 is 0.526. The molecule has 0 saturated heterocycles. The molecule has 0 aromatic heterocycles. The molecule has 0 spiro atoms. The van der Waals surface area contributed by atoms with E-state index in [0.29, 0.717) is 24.6 Å². The Morgan fingerprint density at radius 2 is 2.06 bits per heavy atom. The second kappa shape index (κ2) is 5.27. The fourth-order valence-corrected chi connectivity index (χ4v) is 1.96. The van der Waals surface area contributed by atoms with Gasteiger partial charge in [-0.05, 0) is 19.3 Å². The second-order valence-electron chi connectivity index (χ2n) is 3.96. The first-order valence-corrected chi connectivity index (χ1v) is 6.10. The van der Waals surface area contributed by atoms with Crippen molar-refractivity contribution < 1.29 is 23.1 Å². The molecule has 0 radical (unpaired) electrons. The predicted molar refractivity (Wildman–Crippen MR) is 55.2 cm³/mol. The van der Waals surface area contributed by atoms with Crippen LogP contribution in [0.25, 0.3) is 0 Å². The summed E-state index contributed by atoms with van der Waals surface area (Å²) in [6.45, 7) is 0.137. The van der Waals surface area contributed by atoms with Crippen LogP contribution in [0.2, 0.25) is 0 Å². The Bertz CT molecular complexity index is 254. The zero-order chi connectivity index (χ0) is 12.2. The fourth-order valence-electron chi connectivity index (χ4n) is 1.34. The maximum atomic E-state index is 11.8. The van der Waals surface area contributed by atoms with Gasteiger partial charge in [-0.2, -0.15) is 13.2 Å². The molecule has 0 aliphatic heterocycles. The van der Waals surface area contributed by atoms with E-state index in [1.165, 1.54) is 0 Å². The van der Waals surface area contributed by atoms with Crippen LogP contribution in [0.4, 0.5) is 13.2 Å². The summed E-state index contributed by atoms with van der Waals surface area (Å²) in [5.41, 5.74) is -0.829. The number of carbonyl (C=O) groups is 1. The van der Waals surface area contributed by atoms with Gasteiger partial charge in [-0.3, -0.25) is 4.79 Å². The van der Waals surface area contributed by atoms with Crippen LogP contribution in [-0.2, 0) is 4.79 Å². The molecule has 1 aliphatic carbocycles. The van der Waals surface area contributed by atoms with E-state index < -0.39 is 23.4 Å². The van der Waals surface area contributed by atoms with E-state index in [-0.39, 0.29) is 12.3 Å². The van der Waals surface area contributed by atoms with Gasteiger partial charge >= 0.3 is 6.18 Å². The van der Waals surface area contributed by atoms with E-state index in [2.05, 4.69) is 5.32 Å². The van der Waals surface area contributed by atoms with E-state index in [1.807, 2.05) is 0 Å². The monoisotopic (exact) mass is 257 g/mol. The number of carbonyl (C=O) groups excluding carboxylic acids is 1. The van der Waals surface area contributed by atoms with Gasteiger partial charge in [0.15, 0.2) is 0 Å². The minimum atomic E-state index is -4.24. The van der Waals surface area contributed by atoms with Crippen molar-refractivity contribution in [3.05, 3.63) is 0 Å². The van der Waals surface area contributed by atoms with Gasteiger partial charge in [0.2, 0.25) is 5.91 Å². The minimum Gasteiger partial charge on any atom is -0.388 e. The maximum Gasteiger partial charge on any atom is 0.397 e. The molecule has 94 valence electrons. The van der Waals surface area contributed by atoms with Crippen LogP contribution >= 0.6 is 11.8 Å². The van der Waals surface area contributed by atoms with Crippen LogP contribution < -0.4 is 5.32 Å². The van der Waals surface area contributed by atoms with Crippen LogP contribution in [0.5, 0.6) is 0 Å². The summed E-state index contributed by atoms with van der Waals surface area (Å²) in [7, 11) is 0. The molecule has 0 aromatic carbocycles. The molecular weight excluding hydrogens is 243 g/mol. The van der Waals surface area contributed by atoms with Crippen molar-refractivity contribution in [2.24, 2.45) is 0 Å². The van der Waals surface area contributed by atoms with Gasteiger partial charge in [-0.15, -0.1) is 11.8 Å². The average Bonchev–Trinajstić information content (AvgIpc) is 2.09. The van der Waals surface area contributed by atoms with Crippen molar-refractivity contribution in [3.8, 4) is 0 Å². The Kier molecular flexibility index (Phi) is 4.49. The predicted octanol–water partition coefficient (Wildman–Crippen LogP) is 1.31. The highest BCUT2D eigenvalue weighted by Gasteiger charge is 2.34. The molecule has 0 atom stereocenters. The summed E-state index contributed by atoms with van der Waals surface area (Å²) in [5, 5.41) is 12.0. The van der Waals surface area contributed by atoms with Gasteiger partial charge < -0.3 is 10.4 Å². The number of rotatable bonds is 5. The van der Waals surface area contributed by atoms with Gasteiger partial charge in [-0.25, -0.2) is 0 Å². The third-order valence-electron chi connectivity index (χ3n) is 2.40. The number of thioether (sulfide) groups is 1. The Morgan fingerprint density at radius 3 is 2.50 bits per heavy atom. The molecule has 0 heterocycles. The quantitative estimate of drug-likeness (QED) is 0.781. The van der Waals surface area contributed by atoms with Crippen molar-refractivity contribution in [3.63, 3.8) is 0 Å².